The number of fused-ring (bicyclic) bond motifs is 1. The average Bonchev–Trinajstić information content (AvgIpc) is 2.54. The van der Waals surface area contributed by atoms with Crippen LogP contribution in [0, 0.1) is 0 Å². The van der Waals surface area contributed by atoms with Gasteiger partial charge in [0.1, 0.15) is 0 Å². The highest BCUT2D eigenvalue weighted by Gasteiger charge is 2.34. The van der Waals surface area contributed by atoms with Crippen molar-refractivity contribution in [2.24, 2.45) is 0 Å². The summed E-state index contributed by atoms with van der Waals surface area (Å²) in [6, 6.07) is 8.14. The Labute approximate surface area is 137 Å². The van der Waals surface area contributed by atoms with Gasteiger partial charge in [0.15, 0.2) is 0 Å². The molecule has 1 atom stereocenters. The van der Waals surface area contributed by atoms with Crippen molar-refractivity contribution in [2.45, 2.75) is 45.3 Å². The molecule has 0 saturated carbocycles. The number of benzene rings is 1. The molecule has 0 spiro atoms. The van der Waals surface area contributed by atoms with Gasteiger partial charge < -0.3 is 9.64 Å². The zero-order chi connectivity index (χ0) is 16.4. The minimum absolute atomic E-state index is 0.0690. The van der Waals surface area contributed by atoms with Crippen molar-refractivity contribution in [1.29, 1.82) is 0 Å². The molecule has 2 heterocycles. The lowest BCUT2D eigenvalue weighted by atomic mass is 9.92. The third-order valence-electron chi connectivity index (χ3n) is 4.61. The molecule has 0 unspecified atom stereocenters. The van der Waals surface area contributed by atoms with Crippen molar-refractivity contribution in [3.8, 4) is 0 Å². The third-order valence-corrected chi connectivity index (χ3v) is 4.61. The molecule has 4 nitrogen and oxygen atoms in total. The molecule has 23 heavy (non-hydrogen) atoms. The zero-order valence-corrected chi connectivity index (χ0v) is 14.1. The SMILES string of the molecule is CCN(C(=O)c1cncc2ccccc12)[C@H]1CCOC(C)(C)C1. The predicted molar refractivity (Wildman–Crippen MR) is 91.5 cm³/mol. The average molecular weight is 312 g/mol. The summed E-state index contributed by atoms with van der Waals surface area (Å²) in [7, 11) is 0. The maximum atomic E-state index is 13.1. The first-order chi connectivity index (χ1) is 11.0. The van der Waals surface area contributed by atoms with E-state index in [2.05, 4.69) is 18.8 Å². The van der Waals surface area contributed by atoms with Gasteiger partial charge in [-0.1, -0.05) is 24.3 Å². The monoisotopic (exact) mass is 312 g/mol. The molecule has 1 aliphatic heterocycles. The number of carbonyl (C=O) groups is 1. The number of aromatic nitrogens is 1. The highest BCUT2D eigenvalue weighted by atomic mass is 16.5. The van der Waals surface area contributed by atoms with Crippen molar-refractivity contribution in [2.75, 3.05) is 13.2 Å². The Morgan fingerprint density at radius 1 is 1.35 bits per heavy atom. The van der Waals surface area contributed by atoms with Crippen LogP contribution in [0.25, 0.3) is 10.8 Å². The van der Waals surface area contributed by atoms with Gasteiger partial charge in [0.2, 0.25) is 0 Å². The third kappa shape index (κ3) is 3.22. The molecule has 0 aliphatic carbocycles. The molecule has 0 bridgehead atoms. The van der Waals surface area contributed by atoms with Crippen molar-refractivity contribution in [3.63, 3.8) is 0 Å². The molecule has 0 radical (unpaired) electrons. The van der Waals surface area contributed by atoms with Crippen molar-refractivity contribution in [1.82, 2.24) is 9.88 Å². The summed E-state index contributed by atoms with van der Waals surface area (Å²) in [5.74, 6) is 0.0690. The first-order valence-corrected chi connectivity index (χ1v) is 8.29. The van der Waals surface area contributed by atoms with Crippen LogP contribution in [0.3, 0.4) is 0 Å². The number of carbonyl (C=O) groups excluding carboxylic acids is 1. The normalized spacial score (nSPS) is 20.4. The van der Waals surface area contributed by atoms with E-state index in [1.54, 1.807) is 12.4 Å². The van der Waals surface area contributed by atoms with E-state index >= 15 is 0 Å². The van der Waals surface area contributed by atoms with Crippen LogP contribution in [0.2, 0.25) is 0 Å². The Morgan fingerprint density at radius 2 is 2.13 bits per heavy atom. The molecule has 0 N–H and O–H groups in total. The predicted octanol–water partition coefficient (Wildman–Crippen LogP) is 3.65. The number of nitrogens with zero attached hydrogens (tertiary/aromatic N) is 2. The largest absolute Gasteiger partial charge is 0.375 e. The second-order valence-corrected chi connectivity index (χ2v) is 6.75. The van der Waals surface area contributed by atoms with Crippen LogP contribution in [0.15, 0.2) is 36.7 Å². The standard InChI is InChI=1S/C19H24N2O2/c1-4-21(15-9-10-23-19(2,3)11-15)18(22)17-13-20-12-14-7-5-6-8-16(14)17/h5-8,12-13,15H,4,9-11H2,1-3H3/t15-/m0/s1. The fraction of sp³-hybridized carbons (Fsp3) is 0.474. The maximum Gasteiger partial charge on any atom is 0.256 e. The lowest BCUT2D eigenvalue weighted by Crippen LogP contribution is -2.48. The van der Waals surface area contributed by atoms with Crippen LogP contribution in [0.4, 0.5) is 0 Å². The van der Waals surface area contributed by atoms with Gasteiger partial charge in [0.25, 0.3) is 5.91 Å². The Bertz CT molecular complexity index is 706. The molecule has 1 saturated heterocycles. The van der Waals surface area contributed by atoms with Crippen LogP contribution in [-0.2, 0) is 4.74 Å². The number of ether oxygens (including phenoxy) is 1. The first-order valence-electron chi connectivity index (χ1n) is 8.29. The van der Waals surface area contributed by atoms with Crippen LogP contribution in [0.1, 0.15) is 44.0 Å². The molecule has 1 aliphatic rings. The van der Waals surface area contributed by atoms with Gasteiger partial charge in [-0.05, 0) is 39.0 Å². The highest BCUT2D eigenvalue weighted by molar-refractivity contribution is 6.06. The van der Waals surface area contributed by atoms with E-state index in [0.717, 1.165) is 23.6 Å². The molecule has 4 heteroatoms. The molecular weight excluding hydrogens is 288 g/mol. The van der Waals surface area contributed by atoms with Gasteiger partial charge in [-0.3, -0.25) is 9.78 Å². The maximum absolute atomic E-state index is 13.1. The lowest BCUT2D eigenvalue weighted by molar-refractivity contribution is -0.0777. The van der Waals surface area contributed by atoms with Crippen LogP contribution in [-0.4, -0.2) is 40.6 Å². The van der Waals surface area contributed by atoms with E-state index in [4.69, 9.17) is 4.74 Å². The number of pyridine rings is 1. The van der Waals surface area contributed by atoms with Gasteiger partial charge in [0, 0.05) is 37.0 Å². The minimum atomic E-state index is -0.173. The molecule has 3 rings (SSSR count). The summed E-state index contributed by atoms with van der Waals surface area (Å²) in [5.41, 5.74) is 0.516. The van der Waals surface area contributed by atoms with E-state index in [1.165, 1.54) is 0 Å². The Balaban J connectivity index is 1.93. The summed E-state index contributed by atoms with van der Waals surface area (Å²) in [4.78, 5) is 19.4. The van der Waals surface area contributed by atoms with Gasteiger partial charge in [-0.2, -0.15) is 0 Å². The quantitative estimate of drug-likeness (QED) is 0.868. The number of rotatable bonds is 3. The fourth-order valence-electron chi connectivity index (χ4n) is 3.47. The minimum Gasteiger partial charge on any atom is -0.375 e. The van der Waals surface area contributed by atoms with Gasteiger partial charge in [-0.15, -0.1) is 0 Å². The summed E-state index contributed by atoms with van der Waals surface area (Å²) < 4.78 is 5.80. The smallest absolute Gasteiger partial charge is 0.256 e. The van der Waals surface area contributed by atoms with Crippen LogP contribution >= 0.6 is 0 Å². The van der Waals surface area contributed by atoms with Crippen LogP contribution < -0.4 is 0 Å². The van der Waals surface area contributed by atoms with Gasteiger partial charge >= 0.3 is 0 Å². The Kier molecular flexibility index (Phi) is 4.35. The van der Waals surface area contributed by atoms with E-state index in [9.17, 15) is 4.79 Å². The molecule has 122 valence electrons. The Morgan fingerprint density at radius 3 is 2.87 bits per heavy atom. The second kappa shape index (κ2) is 6.28. The van der Waals surface area contributed by atoms with E-state index in [-0.39, 0.29) is 17.6 Å². The Hall–Kier alpha value is -1.94. The molecule has 1 aromatic heterocycles. The van der Waals surface area contributed by atoms with E-state index in [1.807, 2.05) is 36.1 Å². The van der Waals surface area contributed by atoms with Crippen molar-refractivity contribution >= 4 is 16.7 Å². The number of hydrogen-bond donors (Lipinski definition) is 0. The molecule has 1 fully saturated rings. The van der Waals surface area contributed by atoms with E-state index in [0.29, 0.717) is 18.7 Å². The molecular formula is C19H24N2O2. The van der Waals surface area contributed by atoms with Crippen molar-refractivity contribution < 1.29 is 9.53 Å². The van der Waals surface area contributed by atoms with Crippen molar-refractivity contribution in [3.05, 3.63) is 42.2 Å². The summed E-state index contributed by atoms with van der Waals surface area (Å²) in [6.45, 7) is 7.63. The molecule has 2 aromatic rings. The van der Waals surface area contributed by atoms with Gasteiger partial charge in [0.05, 0.1) is 11.2 Å². The highest BCUT2D eigenvalue weighted by Crippen LogP contribution is 2.29. The van der Waals surface area contributed by atoms with Crippen LogP contribution in [0.5, 0.6) is 0 Å². The first kappa shape index (κ1) is 15.9. The summed E-state index contributed by atoms with van der Waals surface area (Å²) in [6.07, 6.45) is 5.25. The fourth-order valence-corrected chi connectivity index (χ4v) is 3.47. The molecule has 1 aromatic carbocycles. The van der Waals surface area contributed by atoms with E-state index < -0.39 is 0 Å². The summed E-state index contributed by atoms with van der Waals surface area (Å²) >= 11 is 0. The zero-order valence-electron chi connectivity index (χ0n) is 14.1. The summed E-state index contributed by atoms with van der Waals surface area (Å²) in [5, 5.41) is 1.97. The lowest BCUT2D eigenvalue weighted by Gasteiger charge is -2.41. The van der Waals surface area contributed by atoms with Gasteiger partial charge in [-0.25, -0.2) is 0 Å². The second-order valence-electron chi connectivity index (χ2n) is 6.75. The number of hydrogen-bond acceptors (Lipinski definition) is 3. The molecule has 1 amide bonds. The number of amides is 1. The topological polar surface area (TPSA) is 42.4 Å².